The zero-order valence-electron chi connectivity index (χ0n) is 18.3. The Labute approximate surface area is 190 Å². The number of benzene rings is 1. The number of ether oxygens (including phenoxy) is 1. The van der Waals surface area contributed by atoms with Crippen molar-refractivity contribution in [1.29, 1.82) is 0 Å². The van der Waals surface area contributed by atoms with Crippen LogP contribution in [0, 0.1) is 20.8 Å². The van der Waals surface area contributed by atoms with Crippen LogP contribution in [0.1, 0.15) is 44.0 Å². The van der Waals surface area contributed by atoms with Gasteiger partial charge >= 0.3 is 0 Å². The molecule has 0 spiro atoms. The number of rotatable bonds is 7. The second-order valence-electron chi connectivity index (χ2n) is 7.40. The van der Waals surface area contributed by atoms with Crippen molar-refractivity contribution in [3.8, 4) is 5.75 Å². The summed E-state index contributed by atoms with van der Waals surface area (Å²) < 4.78 is 10.7. The molecule has 0 aliphatic rings. The summed E-state index contributed by atoms with van der Waals surface area (Å²) in [4.78, 5) is 22.8. The molecule has 0 unspecified atom stereocenters. The highest BCUT2D eigenvalue weighted by Crippen LogP contribution is 2.38. The number of carbonyl (C=O) groups is 1. The third kappa shape index (κ3) is 4.81. The van der Waals surface area contributed by atoms with E-state index in [1.165, 1.54) is 17.6 Å². The summed E-state index contributed by atoms with van der Waals surface area (Å²) in [6.45, 7) is 5.88. The summed E-state index contributed by atoms with van der Waals surface area (Å²) in [5, 5.41) is 7.19. The van der Waals surface area contributed by atoms with Crippen LogP contribution in [0.15, 0.2) is 59.2 Å². The Morgan fingerprint density at radius 3 is 2.53 bits per heavy atom. The van der Waals surface area contributed by atoms with Gasteiger partial charge in [0.15, 0.2) is 5.76 Å². The molecule has 2 N–H and O–H groups in total. The first-order valence-electron chi connectivity index (χ1n) is 10.1. The minimum absolute atomic E-state index is 0.255. The minimum Gasteiger partial charge on any atom is -0.497 e. The van der Waals surface area contributed by atoms with E-state index >= 15 is 0 Å². The monoisotopic (exact) mass is 448 g/mol. The fourth-order valence-corrected chi connectivity index (χ4v) is 4.45. The molecule has 0 fully saturated rings. The van der Waals surface area contributed by atoms with Crippen LogP contribution in [0.3, 0.4) is 0 Å². The van der Waals surface area contributed by atoms with Gasteiger partial charge in [-0.05, 0) is 62.7 Å². The first kappa shape index (κ1) is 21.6. The van der Waals surface area contributed by atoms with Gasteiger partial charge in [-0.3, -0.25) is 4.79 Å². The summed E-state index contributed by atoms with van der Waals surface area (Å²) >= 11 is 1.50. The number of amides is 1. The largest absolute Gasteiger partial charge is 0.497 e. The Morgan fingerprint density at radius 2 is 1.84 bits per heavy atom. The van der Waals surface area contributed by atoms with E-state index in [1.807, 2.05) is 51.1 Å². The molecule has 0 aliphatic heterocycles. The smallest absolute Gasteiger partial charge is 0.291 e. The van der Waals surface area contributed by atoms with Crippen molar-refractivity contribution < 1.29 is 13.9 Å². The highest BCUT2D eigenvalue weighted by Gasteiger charge is 2.23. The summed E-state index contributed by atoms with van der Waals surface area (Å²) in [6, 6.07) is 14.8. The molecule has 0 bridgehead atoms. The number of nitrogens with zero attached hydrogens (tertiary/aromatic N) is 2. The molecule has 4 aromatic rings. The number of aromatic nitrogens is 2. The second kappa shape index (κ2) is 9.23. The van der Waals surface area contributed by atoms with Crippen molar-refractivity contribution >= 4 is 28.2 Å². The summed E-state index contributed by atoms with van der Waals surface area (Å²) in [6.07, 6.45) is 1.48. The van der Waals surface area contributed by atoms with Crippen molar-refractivity contribution in [3.63, 3.8) is 0 Å². The first-order valence-corrected chi connectivity index (χ1v) is 10.9. The van der Waals surface area contributed by atoms with Crippen LogP contribution in [0.2, 0.25) is 0 Å². The first-order chi connectivity index (χ1) is 15.4. The van der Waals surface area contributed by atoms with Crippen LogP contribution in [0.5, 0.6) is 5.75 Å². The van der Waals surface area contributed by atoms with Crippen LogP contribution in [-0.2, 0) is 0 Å². The highest BCUT2D eigenvalue weighted by molar-refractivity contribution is 7.16. The van der Waals surface area contributed by atoms with Gasteiger partial charge in [0.25, 0.3) is 5.91 Å². The van der Waals surface area contributed by atoms with E-state index in [9.17, 15) is 4.79 Å². The highest BCUT2D eigenvalue weighted by atomic mass is 32.1. The van der Waals surface area contributed by atoms with E-state index < -0.39 is 0 Å². The number of carbonyl (C=O) groups excluding carboxylic acids is 1. The topological polar surface area (TPSA) is 89.3 Å². The van der Waals surface area contributed by atoms with Gasteiger partial charge in [-0.15, -0.1) is 11.3 Å². The Balaban J connectivity index is 1.76. The quantitative estimate of drug-likeness (QED) is 0.387. The number of thiophene rings is 1. The molecule has 3 aromatic heterocycles. The van der Waals surface area contributed by atoms with E-state index in [2.05, 4.69) is 26.7 Å². The lowest BCUT2D eigenvalue weighted by Crippen LogP contribution is -2.18. The molecule has 1 amide bonds. The lowest BCUT2D eigenvalue weighted by Gasteiger charge is -2.21. The fraction of sp³-hybridized carbons (Fsp3) is 0.208. The molecule has 8 heteroatoms. The number of nitrogens with one attached hydrogen (secondary N) is 2. The van der Waals surface area contributed by atoms with Gasteiger partial charge < -0.3 is 19.8 Å². The predicted octanol–water partition coefficient (Wildman–Crippen LogP) is 5.52. The lowest BCUT2D eigenvalue weighted by atomic mass is 9.99. The van der Waals surface area contributed by atoms with Gasteiger partial charge in [0, 0.05) is 21.8 Å². The molecule has 3 heterocycles. The van der Waals surface area contributed by atoms with Crippen LogP contribution >= 0.6 is 11.3 Å². The SMILES string of the molecule is COc1cccc([C@H](Nc2nc(C)cc(C)n2)c2cc(C)sc2NC(=O)c2ccco2)c1. The number of hydrogen-bond acceptors (Lipinski definition) is 7. The number of anilines is 2. The molecule has 4 rings (SSSR count). The van der Waals surface area contributed by atoms with E-state index in [-0.39, 0.29) is 17.7 Å². The molecule has 7 nitrogen and oxygen atoms in total. The molecule has 1 aromatic carbocycles. The maximum atomic E-state index is 12.7. The van der Waals surface area contributed by atoms with Crippen molar-refractivity contribution in [1.82, 2.24) is 9.97 Å². The molecule has 164 valence electrons. The van der Waals surface area contributed by atoms with Crippen LogP contribution in [-0.4, -0.2) is 23.0 Å². The lowest BCUT2D eigenvalue weighted by molar-refractivity contribution is 0.0997. The van der Waals surface area contributed by atoms with Gasteiger partial charge in [0.05, 0.1) is 19.4 Å². The van der Waals surface area contributed by atoms with Crippen LogP contribution in [0.25, 0.3) is 0 Å². The molecular weight excluding hydrogens is 424 g/mol. The Hall–Kier alpha value is -3.65. The van der Waals surface area contributed by atoms with Gasteiger partial charge in [-0.2, -0.15) is 0 Å². The Morgan fingerprint density at radius 1 is 1.06 bits per heavy atom. The zero-order valence-corrected chi connectivity index (χ0v) is 19.1. The Kier molecular flexibility index (Phi) is 6.23. The molecule has 0 aliphatic carbocycles. The Bertz CT molecular complexity index is 1210. The summed E-state index contributed by atoms with van der Waals surface area (Å²) in [5.41, 5.74) is 3.61. The van der Waals surface area contributed by atoms with Crippen molar-refractivity contribution in [2.24, 2.45) is 0 Å². The van der Waals surface area contributed by atoms with E-state index in [1.54, 1.807) is 19.2 Å². The van der Waals surface area contributed by atoms with Gasteiger partial charge in [0.1, 0.15) is 10.8 Å². The van der Waals surface area contributed by atoms with E-state index in [4.69, 9.17) is 9.15 Å². The number of aryl methyl sites for hydroxylation is 3. The average molecular weight is 449 g/mol. The van der Waals surface area contributed by atoms with E-state index in [0.717, 1.165) is 38.1 Å². The standard InChI is InChI=1S/C24H24N4O3S/c1-14-11-15(2)26-24(25-14)27-21(17-7-5-8-18(13-17)30-4)19-12-16(3)32-23(19)28-22(29)20-9-6-10-31-20/h5-13,21H,1-4H3,(H,28,29)(H,25,26,27)/t21-/m0/s1. The van der Waals surface area contributed by atoms with Crippen molar-refractivity contribution in [3.05, 3.63) is 87.9 Å². The summed E-state index contributed by atoms with van der Waals surface area (Å²) in [5.74, 6) is 1.21. The number of hydrogen-bond donors (Lipinski definition) is 2. The molecule has 0 radical (unpaired) electrons. The fourth-order valence-electron chi connectivity index (χ4n) is 3.50. The predicted molar refractivity (Wildman–Crippen MR) is 126 cm³/mol. The van der Waals surface area contributed by atoms with Crippen LogP contribution < -0.4 is 15.4 Å². The molecular formula is C24H24N4O3S. The van der Waals surface area contributed by atoms with Crippen molar-refractivity contribution in [2.75, 3.05) is 17.7 Å². The average Bonchev–Trinajstić information content (AvgIpc) is 3.41. The molecule has 1 atom stereocenters. The zero-order chi connectivity index (χ0) is 22.7. The normalized spacial score (nSPS) is 11.8. The van der Waals surface area contributed by atoms with Gasteiger partial charge in [-0.1, -0.05) is 12.1 Å². The maximum absolute atomic E-state index is 12.7. The van der Waals surface area contributed by atoms with Crippen LogP contribution in [0.4, 0.5) is 10.9 Å². The van der Waals surface area contributed by atoms with Crippen molar-refractivity contribution in [2.45, 2.75) is 26.8 Å². The van der Waals surface area contributed by atoms with E-state index in [0.29, 0.717) is 5.95 Å². The molecule has 0 saturated carbocycles. The summed E-state index contributed by atoms with van der Waals surface area (Å²) in [7, 11) is 1.64. The third-order valence-corrected chi connectivity index (χ3v) is 5.83. The maximum Gasteiger partial charge on any atom is 0.291 e. The second-order valence-corrected chi connectivity index (χ2v) is 8.66. The third-order valence-electron chi connectivity index (χ3n) is 4.85. The number of furan rings is 1. The number of methoxy groups -OCH3 is 1. The van der Waals surface area contributed by atoms with Gasteiger partial charge in [0.2, 0.25) is 5.95 Å². The van der Waals surface area contributed by atoms with Gasteiger partial charge in [-0.25, -0.2) is 9.97 Å². The minimum atomic E-state index is -0.317. The molecule has 0 saturated heterocycles. The molecule has 32 heavy (non-hydrogen) atoms.